The van der Waals surface area contributed by atoms with E-state index in [2.05, 4.69) is 10.3 Å². The molecule has 1 heterocycles. The van der Waals surface area contributed by atoms with E-state index in [-0.39, 0.29) is 12.5 Å². The van der Waals surface area contributed by atoms with Crippen LogP contribution in [0.5, 0.6) is 5.75 Å². The van der Waals surface area contributed by atoms with Gasteiger partial charge in [0.2, 0.25) is 0 Å². The second kappa shape index (κ2) is 7.81. The fourth-order valence-electron chi connectivity index (χ4n) is 2.47. The lowest BCUT2D eigenvalue weighted by Gasteiger charge is -2.12. The molecule has 1 aromatic heterocycles. The van der Waals surface area contributed by atoms with Crippen LogP contribution in [0.3, 0.4) is 0 Å². The van der Waals surface area contributed by atoms with E-state index in [0.29, 0.717) is 11.4 Å². The summed E-state index contributed by atoms with van der Waals surface area (Å²) in [5.74, 6) is 0.266. The van der Waals surface area contributed by atoms with E-state index in [1.807, 2.05) is 42.6 Å². The van der Waals surface area contributed by atoms with E-state index >= 15 is 0 Å². The molecule has 0 unspecified atom stereocenters. The first-order valence-corrected chi connectivity index (χ1v) is 8.90. The molecule has 1 amide bonds. The molecular formula is C19H19N3O2S. The van der Waals surface area contributed by atoms with Gasteiger partial charge in [0, 0.05) is 16.6 Å². The number of benzene rings is 2. The highest BCUT2D eigenvalue weighted by Gasteiger charge is 2.09. The van der Waals surface area contributed by atoms with Crippen molar-refractivity contribution in [1.82, 2.24) is 4.98 Å². The van der Waals surface area contributed by atoms with Crippen molar-refractivity contribution in [3.63, 3.8) is 0 Å². The summed E-state index contributed by atoms with van der Waals surface area (Å²) in [6.07, 6.45) is 0.850. The van der Waals surface area contributed by atoms with E-state index < -0.39 is 0 Å². The van der Waals surface area contributed by atoms with Crippen LogP contribution in [0, 0.1) is 0 Å². The molecule has 0 aliphatic carbocycles. The van der Waals surface area contributed by atoms with E-state index in [0.717, 1.165) is 28.9 Å². The zero-order chi connectivity index (χ0) is 17.6. The number of ether oxygens (including phenoxy) is 1. The molecule has 0 bridgehead atoms. The van der Waals surface area contributed by atoms with Crippen LogP contribution in [-0.4, -0.2) is 17.5 Å². The minimum absolute atomic E-state index is 0.0989. The average Bonchev–Trinajstić information content (AvgIpc) is 3.16. The van der Waals surface area contributed by atoms with Gasteiger partial charge in [-0.3, -0.25) is 4.79 Å². The first kappa shape index (κ1) is 17.0. The number of anilines is 2. The number of thiazole rings is 1. The van der Waals surface area contributed by atoms with Crippen LogP contribution < -0.4 is 15.8 Å². The van der Waals surface area contributed by atoms with E-state index in [1.165, 1.54) is 11.3 Å². The van der Waals surface area contributed by atoms with Gasteiger partial charge in [-0.1, -0.05) is 25.1 Å². The molecular weight excluding hydrogens is 334 g/mol. The standard InChI is InChI=1S/C19H19N3O2S/c1-2-13-5-3-4-6-16(13)22-19(23)10-24-18-8-7-14(9-15(18)20)17-11-25-12-21-17/h3-9,11-12H,2,10,20H2,1H3,(H,22,23). The maximum Gasteiger partial charge on any atom is 0.262 e. The SMILES string of the molecule is CCc1ccccc1NC(=O)COc1ccc(-c2cscn2)cc1N. The number of aromatic nitrogens is 1. The van der Waals surface area contributed by atoms with Crippen molar-refractivity contribution in [1.29, 1.82) is 0 Å². The topological polar surface area (TPSA) is 77.2 Å². The summed E-state index contributed by atoms with van der Waals surface area (Å²) in [6, 6.07) is 13.2. The minimum atomic E-state index is -0.219. The van der Waals surface area contributed by atoms with Crippen LogP contribution in [0.2, 0.25) is 0 Å². The lowest BCUT2D eigenvalue weighted by Crippen LogP contribution is -2.21. The van der Waals surface area contributed by atoms with Crippen LogP contribution in [0.4, 0.5) is 11.4 Å². The molecule has 5 nitrogen and oxygen atoms in total. The Balaban J connectivity index is 1.62. The van der Waals surface area contributed by atoms with Gasteiger partial charge in [0.25, 0.3) is 5.91 Å². The Labute approximate surface area is 150 Å². The van der Waals surface area contributed by atoms with Gasteiger partial charge >= 0.3 is 0 Å². The molecule has 0 radical (unpaired) electrons. The number of rotatable bonds is 6. The van der Waals surface area contributed by atoms with Crippen molar-refractivity contribution < 1.29 is 9.53 Å². The Kier molecular flexibility index (Phi) is 5.30. The average molecular weight is 353 g/mol. The Morgan fingerprint density at radius 3 is 2.84 bits per heavy atom. The van der Waals surface area contributed by atoms with Crippen molar-refractivity contribution >= 4 is 28.6 Å². The quantitative estimate of drug-likeness (QED) is 0.657. The van der Waals surface area contributed by atoms with E-state index in [1.54, 1.807) is 17.6 Å². The van der Waals surface area contributed by atoms with Crippen molar-refractivity contribution in [3.05, 3.63) is 58.9 Å². The molecule has 0 fully saturated rings. The molecule has 0 aliphatic heterocycles. The fourth-order valence-corrected chi connectivity index (χ4v) is 3.04. The van der Waals surface area contributed by atoms with Crippen molar-refractivity contribution in [2.24, 2.45) is 0 Å². The second-order valence-electron chi connectivity index (χ2n) is 5.47. The number of nitrogens with two attached hydrogens (primary N) is 1. The van der Waals surface area contributed by atoms with Crippen LogP contribution in [0.25, 0.3) is 11.3 Å². The number of nitrogens with one attached hydrogen (secondary N) is 1. The molecule has 0 saturated heterocycles. The number of hydrogen-bond acceptors (Lipinski definition) is 5. The first-order chi connectivity index (χ1) is 12.2. The number of carbonyl (C=O) groups is 1. The molecule has 3 rings (SSSR count). The van der Waals surface area contributed by atoms with E-state index in [4.69, 9.17) is 10.5 Å². The first-order valence-electron chi connectivity index (χ1n) is 7.96. The Bertz CT molecular complexity index is 863. The summed E-state index contributed by atoms with van der Waals surface area (Å²) in [6.45, 7) is 1.95. The molecule has 128 valence electrons. The van der Waals surface area contributed by atoms with Gasteiger partial charge in [0.15, 0.2) is 6.61 Å². The number of nitrogens with zero attached hydrogens (tertiary/aromatic N) is 1. The van der Waals surface area contributed by atoms with Crippen LogP contribution in [-0.2, 0) is 11.2 Å². The highest BCUT2D eigenvalue weighted by molar-refractivity contribution is 7.07. The number of carbonyl (C=O) groups excluding carboxylic acids is 1. The predicted molar refractivity (Wildman–Crippen MR) is 102 cm³/mol. The second-order valence-corrected chi connectivity index (χ2v) is 6.19. The monoisotopic (exact) mass is 353 g/mol. The molecule has 0 spiro atoms. The predicted octanol–water partition coefficient (Wildman–Crippen LogP) is 3.97. The summed E-state index contributed by atoms with van der Waals surface area (Å²) in [5.41, 5.74) is 12.0. The van der Waals surface area contributed by atoms with Crippen molar-refractivity contribution in [3.8, 4) is 17.0 Å². The third-order valence-electron chi connectivity index (χ3n) is 3.77. The van der Waals surface area contributed by atoms with Gasteiger partial charge in [0.05, 0.1) is 16.9 Å². The lowest BCUT2D eigenvalue weighted by atomic mass is 10.1. The smallest absolute Gasteiger partial charge is 0.262 e. The molecule has 6 heteroatoms. The van der Waals surface area contributed by atoms with Gasteiger partial charge in [-0.05, 0) is 36.2 Å². The van der Waals surface area contributed by atoms with Crippen molar-refractivity contribution in [2.45, 2.75) is 13.3 Å². The highest BCUT2D eigenvalue weighted by atomic mass is 32.1. The third kappa shape index (κ3) is 4.16. The Morgan fingerprint density at radius 1 is 1.28 bits per heavy atom. The van der Waals surface area contributed by atoms with Gasteiger partial charge in [-0.15, -0.1) is 11.3 Å². The summed E-state index contributed by atoms with van der Waals surface area (Å²) in [5, 5.41) is 4.82. The summed E-state index contributed by atoms with van der Waals surface area (Å²) < 4.78 is 5.56. The molecule has 3 N–H and O–H groups in total. The third-order valence-corrected chi connectivity index (χ3v) is 4.36. The van der Waals surface area contributed by atoms with E-state index in [9.17, 15) is 4.79 Å². The molecule has 3 aromatic rings. The Morgan fingerprint density at radius 2 is 2.12 bits per heavy atom. The number of hydrogen-bond donors (Lipinski definition) is 2. The van der Waals surface area contributed by atoms with Gasteiger partial charge < -0.3 is 15.8 Å². The molecule has 0 aliphatic rings. The maximum atomic E-state index is 12.1. The summed E-state index contributed by atoms with van der Waals surface area (Å²) in [4.78, 5) is 16.4. The van der Waals surface area contributed by atoms with Crippen molar-refractivity contribution in [2.75, 3.05) is 17.7 Å². The number of amides is 1. The van der Waals surface area contributed by atoms with Gasteiger partial charge in [0.1, 0.15) is 5.75 Å². The number of nitrogen functional groups attached to an aromatic ring is 1. The van der Waals surface area contributed by atoms with Crippen LogP contribution in [0.1, 0.15) is 12.5 Å². The zero-order valence-corrected chi connectivity index (χ0v) is 14.7. The molecule has 0 atom stereocenters. The fraction of sp³-hybridized carbons (Fsp3) is 0.158. The number of aryl methyl sites for hydroxylation is 1. The largest absolute Gasteiger partial charge is 0.482 e. The number of para-hydroxylation sites is 1. The zero-order valence-electron chi connectivity index (χ0n) is 13.9. The van der Waals surface area contributed by atoms with Crippen LogP contribution >= 0.6 is 11.3 Å². The minimum Gasteiger partial charge on any atom is -0.482 e. The lowest BCUT2D eigenvalue weighted by molar-refractivity contribution is -0.118. The normalized spacial score (nSPS) is 10.4. The summed E-state index contributed by atoms with van der Waals surface area (Å²) in [7, 11) is 0. The maximum absolute atomic E-state index is 12.1. The molecule has 25 heavy (non-hydrogen) atoms. The van der Waals surface area contributed by atoms with Gasteiger partial charge in [-0.25, -0.2) is 4.98 Å². The van der Waals surface area contributed by atoms with Gasteiger partial charge in [-0.2, -0.15) is 0 Å². The molecule has 2 aromatic carbocycles. The molecule has 0 saturated carbocycles. The summed E-state index contributed by atoms with van der Waals surface area (Å²) >= 11 is 1.53. The highest BCUT2D eigenvalue weighted by Crippen LogP contribution is 2.28. The Hall–Kier alpha value is -2.86. The van der Waals surface area contributed by atoms with Crippen LogP contribution in [0.15, 0.2) is 53.4 Å².